The van der Waals surface area contributed by atoms with Crippen LogP contribution < -0.4 is 10.1 Å². The van der Waals surface area contributed by atoms with Crippen LogP contribution in [0, 0.1) is 11.7 Å². The number of esters is 2. The van der Waals surface area contributed by atoms with E-state index in [4.69, 9.17) is 4.74 Å². The molecule has 0 radical (unpaired) electrons. The van der Waals surface area contributed by atoms with E-state index in [1.165, 1.54) is 24.3 Å². The lowest BCUT2D eigenvalue weighted by molar-refractivity contribution is -0.160. The maximum Gasteiger partial charge on any atom is 0.329 e. The van der Waals surface area contributed by atoms with Gasteiger partial charge in [-0.15, -0.1) is 0 Å². The molecule has 142 valence electrons. The number of hydrogen-bond donors (Lipinski definition) is 1. The molecule has 0 aliphatic rings. The van der Waals surface area contributed by atoms with Crippen molar-refractivity contribution in [3.63, 3.8) is 0 Å². The van der Waals surface area contributed by atoms with Gasteiger partial charge >= 0.3 is 11.9 Å². The zero-order valence-corrected chi connectivity index (χ0v) is 14.7. The molecule has 1 N–H and O–H groups in total. The fraction of sp³-hybridized carbons (Fsp3) is 0.211. The van der Waals surface area contributed by atoms with E-state index in [0.29, 0.717) is 17.0 Å². The number of carbonyl (C=O) groups excluding carboxylic acids is 3. The molecule has 0 aromatic heterocycles. The Kier molecular flexibility index (Phi) is 6.87. The average molecular weight is 375 g/mol. The number of amides is 1. The van der Waals surface area contributed by atoms with Crippen LogP contribution in [0.25, 0.3) is 0 Å². The summed E-state index contributed by atoms with van der Waals surface area (Å²) >= 11 is 0. The van der Waals surface area contributed by atoms with Crippen molar-refractivity contribution in [2.75, 3.05) is 19.5 Å². The quantitative estimate of drug-likeness (QED) is 0.590. The number of nitrogens with one attached hydrogen (secondary N) is 1. The Balaban J connectivity index is 1.98. The molecule has 27 heavy (non-hydrogen) atoms. The molecule has 0 spiro atoms. The number of halogens is 1. The topological polar surface area (TPSA) is 90.9 Å². The van der Waals surface area contributed by atoms with E-state index < -0.39 is 23.8 Å². The van der Waals surface area contributed by atoms with Crippen molar-refractivity contribution in [1.29, 1.82) is 0 Å². The first-order chi connectivity index (χ1) is 12.9. The summed E-state index contributed by atoms with van der Waals surface area (Å²) in [6.07, 6.45) is 0. The first-order valence-electron chi connectivity index (χ1n) is 7.88. The lowest BCUT2D eigenvalue weighted by Gasteiger charge is -2.13. The third-order valence-corrected chi connectivity index (χ3v) is 3.55. The second kappa shape index (κ2) is 9.33. The molecule has 0 fully saturated rings. The SMILES string of the molecule is COC(=O)C(C(=O)Nc1ccc(OCc2cccc(F)c2)cc1)C(=O)OC. The summed E-state index contributed by atoms with van der Waals surface area (Å²) in [5.74, 6) is -4.48. The Morgan fingerprint density at radius 1 is 1.00 bits per heavy atom. The van der Waals surface area contributed by atoms with Crippen LogP contribution >= 0.6 is 0 Å². The molecule has 1 amide bonds. The van der Waals surface area contributed by atoms with Crippen LogP contribution in [-0.2, 0) is 30.5 Å². The summed E-state index contributed by atoms with van der Waals surface area (Å²) in [5, 5.41) is 2.44. The number of rotatable bonds is 7. The van der Waals surface area contributed by atoms with E-state index in [1.807, 2.05) is 0 Å². The Morgan fingerprint density at radius 3 is 2.19 bits per heavy atom. The summed E-state index contributed by atoms with van der Waals surface area (Å²) in [4.78, 5) is 35.4. The van der Waals surface area contributed by atoms with Crippen LogP contribution in [0.3, 0.4) is 0 Å². The number of anilines is 1. The first kappa shape index (κ1) is 19.9. The lowest BCUT2D eigenvalue weighted by Crippen LogP contribution is -2.37. The molecule has 0 bridgehead atoms. The molecular formula is C19H18FNO6. The molecule has 2 aromatic rings. The van der Waals surface area contributed by atoms with E-state index in [2.05, 4.69) is 14.8 Å². The highest BCUT2D eigenvalue weighted by Gasteiger charge is 2.36. The molecule has 8 heteroatoms. The molecule has 7 nitrogen and oxygen atoms in total. The summed E-state index contributed by atoms with van der Waals surface area (Å²) in [5.41, 5.74) is 1.02. The largest absolute Gasteiger partial charge is 0.489 e. The predicted molar refractivity (Wildman–Crippen MR) is 93.3 cm³/mol. The van der Waals surface area contributed by atoms with Crippen LogP contribution in [0.4, 0.5) is 10.1 Å². The van der Waals surface area contributed by atoms with E-state index in [1.54, 1.807) is 24.3 Å². The van der Waals surface area contributed by atoms with Gasteiger partial charge in [-0.25, -0.2) is 4.39 Å². The maximum absolute atomic E-state index is 13.1. The molecule has 0 aliphatic heterocycles. The molecule has 2 rings (SSSR count). The van der Waals surface area contributed by atoms with Crippen LogP contribution in [0.1, 0.15) is 5.56 Å². The van der Waals surface area contributed by atoms with Crippen LogP contribution in [-0.4, -0.2) is 32.1 Å². The Hall–Kier alpha value is -3.42. The highest BCUT2D eigenvalue weighted by molar-refractivity contribution is 6.18. The number of ether oxygens (including phenoxy) is 3. The van der Waals surface area contributed by atoms with Gasteiger partial charge in [-0.3, -0.25) is 14.4 Å². The zero-order chi connectivity index (χ0) is 19.8. The molecule has 0 unspecified atom stereocenters. The standard InChI is InChI=1S/C19H18FNO6/c1-25-18(23)16(19(24)26-2)17(22)21-14-6-8-15(9-7-14)27-11-12-4-3-5-13(20)10-12/h3-10,16H,11H2,1-2H3,(H,21,22). The van der Waals surface area contributed by atoms with Gasteiger partial charge in [0, 0.05) is 5.69 Å². The van der Waals surface area contributed by atoms with Crippen molar-refractivity contribution in [3.05, 3.63) is 59.9 Å². The fourth-order valence-corrected chi connectivity index (χ4v) is 2.19. The van der Waals surface area contributed by atoms with E-state index in [9.17, 15) is 18.8 Å². The summed E-state index contributed by atoms with van der Waals surface area (Å²) in [6, 6.07) is 12.3. The Bertz CT molecular complexity index is 805. The smallest absolute Gasteiger partial charge is 0.329 e. The monoisotopic (exact) mass is 375 g/mol. The van der Waals surface area contributed by atoms with Gasteiger partial charge in [0.05, 0.1) is 14.2 Å². The molecule has 0 saturated carbocycles. The summed E-state index contributed by atoms with van der Waals surface area (Å²) in [6.45, 7) is 0.177. The van der Waals surface area contributed by atoms with Crippen molar-refractivity contribution in [1.82, 2.24) is 0 Å². The van der Waals surface area contributed by atoms with Crippen LogP contribution in [0.15, 0.2) is 48.5 Å². The number of hydrogen-bond acceptors (Lipinski definition) is 6. The minimum Gasteiger partial charge on any atom is -0.489 e. The van der Waals surface area contributed by atoms with Crippen molar-refractivity contribution in [2.24, 2.45) is 5.92 Å². The molecular weight excluding hydrogens is 357 g/mol. The number of methoxy groups -OCH3 is 2. The maximum atomic E-state index is 13.1. The number of carbonyl (C=O) groups is 3. The predicted octanol–water partition coefficient (Wildman–Crippen LogP) is 2.31. The minimum atomic E-state index is -1.72. The van der Waals surface area contributed by atoms with Gasteiger partial charge < -0.3 is 19.5 Å². The summed E-state index contributed by atoms with van der Waals surface area (Å²) in [7, 11) is 2.13. The molecule has 0 atom stereocenters. The lowest BCUT2D eigenvalue weighted by atomic mass is 10.1. The Morgan fingerprint density at radius 2 is 1.63 bits per heavy atom. The van der Waals surface area contributed by atoms with Gasteiger partial charge in [-0.1, -0.05) is 12.1 Å². The van der Waals surface area contributed by atoms with Gasteiger partial charge in [-0.05, 0) is 42.0 Å². The molecule has 2 aromatic carbocycles. The van der Waals surface area contributed by atoms with Gasteiger partial charge in [0.25, 0.3) is 0 Å². The van der Waals surface area contributed by atoms with Crippen LogP contribution in [0.5, 0.6) is 5.75 Å². The fourth-order valence-electron chi connectivity index (χ4n) is 2.19. The van der Waals surface area contributed by atoms with Gasteiger partial charge in [-0.2, -0.15) is 0 Å². The second-order valence-electron chi connectivity index (χ2n) is 5.41. The van der Waals surface area contributed by atoms with Crippen molar-refractivity contribution < 1.29 is 33.0 Å². The molecule has 0 aliphatic carbocycles. The first-order valence-corrected chi connectivity index (χ1v) is 7.88. The third kappa shape index (κ3) is 5.53. The highest BCUT2D eigenvalue weighted by atomic mass is 19.1. The van der Waals surface area contributed by atoms with Crippen molar-refractivity contribution >= 4 is 23.5 Å². The molecule has 0 heterocycles. The van der Waals surface area contributed by atoms with Crippen molar-refractivity contribution in [3.8, 4) is 5.75 Å². The van der Waals surface area contributed by atoms with E-state index in [0.717, 1.165) is 14.2 Å². The van der Waals surface area contributed by atoms with Crippen molar-refractivity contribution in [2.45, 2.75) is 6.61 Å². The van der Waals surface area contributed by atoms with Gasteiger partial charge in [0.2, 0.25) is 11.8 Å². The average Bonchev–Trinajstić information content (AvgIpc) is 2.67. The van der Waals surface area contributed by atoms with Gasteiger partial charge in [0.15, 0.2) is 0 Å². The highest BCUT2D eigenvalue weighted by Crippen LogP contribution is 2.18. The normalized spacial score (nSPS) is 10.2. The molecule has 0 saturated heterocycles. The third-order valence-electron chi connectivity index (χ3n) is 3.55. The number of benzene rings is 2. The van der Waals surface area contributed by atoms with E-state index in [-0.39, 0.29) is 12.4 Å². The van der Waals surface area contributed by atoms with E-state index >= 15 is 0 Å². The Labute approximate surface area is 155 Å². The minimum absolute atomic E-state index is 0.177. The van der Waals surface area contributed by atoms with Crippen LogP contribution in [0.2, 0.25) is 0 Å². The van der Waals surface area contributed by atoms with Gasteiger partial charge in [0.1, 0.15) is 18.2 Å². The zero-order valence-electron chi connectivity index (χ0n) is 14.7. The summed E-state index contributed by atoms with van der Waals surface area (Å²) < 4.78 is 27.6. The second-order valence-corrected chi connectivity index (χ2v) is 5.41.